The molecule has 0 aliphatic carbocycles. The Bertz CT molecular complexity index is 1400. The fourth-order valence-electron chi connectivity index (χ4n) is 5.31. The smallest absolute Gasteiger partial charge is 0.0693 e. The van der Waals surface area contributed by atoms with Gasteiger partial charge in [0.25, 0.3) is 0 Å². The molecule has 0 unspecified atom stereocenters. The van der Waals surface area contributed by atoms with Gasteiger partial charge in [0, 0.05) is 0 Å². The van der Waals surface area contributed by atoms with Crippen molar-refractivity contribution in [2.24, 2.45) is 20.0 Å². The Morgan fingerprint density at radius 1 is 0.471 bits per heavy atom. The molecule has 0 saturated carbocycles. The topological polar surface area (TPSA) is 49.4 Å². The van der Waals surface area contributed by atoms with Gasteiger partial charge in [0.05, 0.1) is 45.6 Å². The Morgan fingerprint density at radius 2 is 0.971 bits per heavy atom. The molecular formula is C30H32N4. The van der Waals surface area contributed by atoms with Crippen LogP contribution in [-0.4, -0.2) is 22.8 Å². The molecule has 4 heteroatoms. The summed E-state index contributed by atoms with van der Waals surface area (Å²) < 4.78 is 0. The molecule has 0 fully saturated rings. The molecule has 8 bridgehead atoms. The molecule has 0 aromatic carbocycles. The second-order valence-electron chi connectivity index (χ2n) is 9.34. The minimum atomic E-state index is 0.933. The van der Waals surface area contributed by atoms with Gasteiger partial charge < -0.3 is 0 Å². The van der Waals surface area contributed by atoms with E-state index in [-0.39, 0.29) is 0 Å². The Morgan fingerprint density at radius 3 is 1.53 bits per heavy atom. The maximum atomic E-state index is 5.07. The highest BCUT2D eigenvalue weighted by molar-refractivity contribution is 6.19. The SMILES string of the molecule is CCC1=C(C)C2=NC1=CC1=NC(=CC3=NC(=CC4=NC(=C2)C(C)=C4CC)C=C3C)C(CC)=C1C. The molecule has 4 nitrogen and oxygen atoms in total. The lowest BCUT2D eigenvalue weighted by atomic mass is 9.99. The number of rotatable bonds is 3. The summed E-state index contributed by atoms with van der Waals surface area (Å²) in [4.78, 5) is 20.1. The van der Waals surface area contributed by atoms with Gasteiger partial charge in [0.15, 0.2) is 0 Å². The van der Waals surface area contributed by atoms with Crippen LogP contribution in [0.1, 0.15) is 67.7 Å². The van der Waals surface area contributed by atoms with Gasteiger partial charge in [-0.15, -0.1) is 0 Å². The number of nitrogens with zero attached hydrogens (tertiary/aromatic N) is 4. The maximum absolute atomic E-state index is 5.07. The van der Waals surface area contributed by atoms with Gasteiger partial charge in [0.2, 0.25) is 0 Å². The van der Waals surface area contributed by atoms with E-state index in [1.165, 1.54) is 33.4 Å². The second kappa shape index (κ2) is 8.43. The highest BCUT2D eigenvalue weighted by Crippen LogP contribution is 2.36. The van der Waals surface area contributed by atoms with Crippen LogP contribution in [0.15, 0.2) is 112 Å². The lowest BCUT2D eigenvalue weighted by molar-refractivity contribution is 1.09. The van der Waals surface area contributed by atoms with E-state index in [2.05, 4.69) is 78.8 Å². The van der Waals surface area contributed by atoms with Gasteiger partial charge in [-0.3, -0.25) is 0 Å². The van der Waals surface area contributed by atoms with Gasteiger partial charge in [-0.1, -0.05) is 20.8 Å². The third-order valence-electron chi connectivity index (χ3n) is 7.34. The predicted molar refractivity (Wildman–Crippen MR) is 145 cm³/mol. The predicted octanol–water partition coefficient (Wildman–Crippen LogP) is 7.48. The van der Waals surface area contributed by atoms with Gasteiger partial charge in [0.1, 0.15) is 0 Å². The molecule has 34 heavy (non-hydrogen) atoms. The molecule has 0 atom stereocenters. The van der Waals surface area contributed by atoms with E-state index in [1.54, 1.807) is 0 Å². The van der Waals surface area contributed by atoms with Crippen LogP contribution in [0.3, 0.4) is 0 Å². The largest absolute Gasteiger partial charge is 0.249 e. The minimum Gasteiger partial charge on any atom is -0.249 e. The molecule has 0 N–H and O–H groups in total. The van der Waals surface area contributed by atoms with E-state index in [4.69, 9.17) is 20.0 Å². The fourth-order valence-corrected chi connectivity index (χ4v) is 5.31. The zero-order valence-electron chi connectivity index (χ0n) is 21.3. The Balaban J connectivity index is 1.78. The highest BCUT2D eigenvalue weighted by atomic mass is 14.9. The molecule has 5 heterocycles. The summed E-state index contributed by atoms with van der Waals surface area (Å²) in [6.07, 6.45) is 13.5. The van der Waals surface area contributed by atoms with E-state index in [0.29, 0.717) is 0 Å². The monoisotopic (exact) mass is 448 g/mol. The van der Waals surface area contributed by atoms with Crippen LogP contribution in [0.5, 0.6) is 0 Å². The van der Waals surface area contributed by atoms with Crippen molar-refractivity contribution in [2.75, 3.05) is 0 Å². The number of hydrogen-bond acceptors (Lipinski definition) is 4. The standard InChI is InChI=1S/C30H32N4/c1-8-21-17(5)25-14-26-18(6)23(10-3)30(33-26)15-27-19(7)22(9-2)29(34-27)13-24-16(4)11-20(31-24)12-28(21)32-25/h11-15H,8-10H2,1-7H3. The summed E-state index contributed by atoms with van der Waals surface area (Å²) in [6.45, 7) is 15.2. The molecular weight excluding hydrogens is 416 g/mol. The highest BCUT2D eigenvalue weighted by Gasteiger charge is 2.26. The number of aliphatic imine (C=N–C) groups is 4. The molecule has 0 radical (unpaired) electrons. The number of hydrogen-bond donors (Lipinski definition) is 0. The Kier molecular flexibility index (Phi) is 5.55. The maximum Gasteiger partial charge on any atom is 0.0693 e. The summed E-state index contributed by atoms with van der Waals surface area (Å²) >= 11 is 0. The molecule has 0 amide bonds. The third kappa shape index (κ3) is 3.53. The first-order chi connectivity index (χ1) is 16.3. The summed E-state index contributed by atoms with van der Waals surface area (Å²) in [5.74, 6) is 0. The van der Waals surface area contributed by atoms with Gasteiger partial charge in [-0.25, -0.2) is 20.0 Å². The van der Waals surface area contributed by atoms with Gasteiger partial charge in [-0.05, 0) is 116 Å². The van der Waals surface area contributed by atoms with Crippen LogP contribution in [0.25, 0.3) is 0 Å². The van der Waals surface area contributed by atoms with Crippen molar-refractivity contribution in [2.45, 2.75) is 67.7 Å². The average molecular weight is 449 g/mol. The van der Waals surface area contributed by atoms with Crippen LogP contribution >= 0.6 is 0 Å². The van der Waals surface area contributed by atoms with Gasteiger partial charge >= 0.3 is 0 Å². The van der Waals surface area contributed by atoms with E-state index >= 15 is 0 Å². The first-order valence-electron chi connectivity index (χ1n) is 12.4. The molecule has 0 spiro atoms. The van der Waals surface area contributed by atoms with Crippen molar-refractivity contribution in [3.8, 4) is 0 Å². The Labute approximate surface area is 202 Å². The third-order valence-corrected chi connectivity index (χ3v) is 7.34. The second-order valence-corrected chi connectivity index (χ2v) is 9.34. The Hall–Kier alpha value is -3.40. The molecule has 5 rings (SSSR count). The van der Waals surface area contributed by atoms with E-state index in [9.17, 15) is 0 Å². The van der Waals surface area contributed by atoms with Crippen LogP contribution < -0.4 is 0 Å². The molecule has 172 valence electrons. The minimum absolute atomic E-state index is 0.933. The molecule has 5 aliphatic heterocycles. The molecule has 0 saturated heterocycles. The summed E-state index contributed by atoms with van der Waals surface area (Å²) in [5, 5.41) is 0. The zero-order chi connectivity index (χ0) is 24.1. The van der Waals surface area contributed by atoms with Crippen LogP contribution in [0.2, 0.25) is 0 Å². The molecule has 5 aliphatic rings. The first-order valence-corrected chi connectivity index (χ1v) is 12.4. The first kappa shape index (κ1) is 22.4. The van der Waals surface area contributed by atoms with Crippen molar-refractivity contribution in [1.82, 2.24) is 0 Å². The van der Waals surface area contributed by atoms with Crippen molar-refractivity contribution < 1.29 is 0 Å². The van der Waals surface area contributed by atoms with Crippen molar-refractivity contribution in [3.63, 3.8) is 0 Å². The lowest BCUT2D eigenvalue weighted by Crippen LogP contribution is -1.96. The lowest BCUT2D eigenvalue weighted by Gasteiger charge is -2.03. The van der Waals surface area contributed by atoms with Crippen LogP contribution in [0.4, 0.5) is 0 Å². The summed E-state index contributed by atoms with van der Waals surface area (Å²) in [7, 11) is 0. The number of allylic oxidation sites excluding steroid dienone is 12. The quantitative estimate of drug-likeness (QED) is 0.430. The average Bonchev–Trinajstić information content (AvgIpc) is 3.48. The van der Waals surface area contributed by atoms with Crippen LogP contribution in [-0.2, 0) is 0 Å². The van der Waals surface area contributed by atoms with Crippen molar-refractivity contribution >= 4 is 22.8 Å². The van der Waals surface area contributed by atoms with E-state index in [0.717, 1.165) is 70.5 Å². The van der Waals surface area contributed by atoms with E-state index in [1.807, 2.05) is 0 Å². The van der Waals surface area contributed by atoms with Crippen LogP contribution in [0, 0.1) is 0 Å². The fraction of sp³-hybridized carbons (Fsp3) is 0.333. The van der Waals surface area contributed by atoms with Gasteiger partial charge in [-0.2, -0.15) is 0 Å². The number of fused-ring (bicyclic) bond motifs is 4. The normalized spacial score (nSPS) is 21.8. The summed E-state index contributed by atoms with van der Waals surface area (Å²) in [5.41, 5.74) is 16.6. The van der Waals surface area contributed by atoms with Crippen molar-refractivity contribution in [3.05, 3.63) is 92.2 Å². The molecule has 0 aromatic rings. The molecule has 0 aromatic heterocycles. The zero-order valence-corrected chi connectivity index (χ0v) is 21.3. The van der Waals surface area contributed by atoms with Crippen molar-refractivity contribution in [1.29, 1.82) is 0 Å². The van der Waals surface area contributed by atoms with E-state index < -0.39 is 0 Å². The summed E-state index contributed by atoms with van der Waals surface area (Å²) in [6, 6.07) is 0.